The molecule has 0 aliphatic heterocycles. The van der Waals surface area contributed by atoms with Crippen molar-refractivity contribution in [3.05, 3.63) is 24.4 Å². The molecule has 0 spiro atoms. The summed E-state index contributed by atoms with van der Waals surface area (Å²) >= 11 is 0. The zero-order valence-electron chi connectivity index (χ0n) is 7.16. The maximum Gasteiger partial charge on any atom is 0.230 e. The molecule has 1 heterocycles. The highest BCUT2D eigenvalue weighted by molar-refractivity contribution is 5.06. The van der Waals surface area contributed by atoms with Crippen LogP contribution >= 0.6 is 0 Å². The van der Waals surface area contributed by atoms with Crippen molar-refractivity contribution in [1.82, 2.24) is 10.1 Å². The van der Waals surface area contributed by atoms with Crippen LogP contribution in [0.2, 0.25) is 0 Å². The monoisotopic (exact) mass is 164 g/mol. The van der Waals surface area contributed by atoms with Gasteiger partial charge in [0.05, 0.1) is 0 Å². The van der Waals surface area contributed by atoms with Crippen molar-refractivity contribution >= 4 is 0 Å². The summed E-state index contributed by atoms with van der Waals surface area (Å²) in [5, 5.41) is 3.84. The standard InChI is InChI=1S/C9H12N2O/c1-3-4-8-10-9(12-11-8)7-5-6(7)2/h3,6-7H,1,4-5H2,2H3. The fourth-order valence-corrected chi connectivity index (χ4v) is 1.30. The molecule has 1 fully saturated rings. The van der Waals surface area contributed by atoms with Gasteiger partial charge in [-0.25, -0.2) is 0 Å². The van der Waals surface area contributed by atoms with Gasteiger partial charge in [-0.15, -0.1) is 6.58 Å². The lowest BCUT2D eigenvalue weighted by Crippen LogP contribution is -1.85. The van der Waals surface area contributed by atoms with Crippen LogP contribution in [0.4, 0.5) is 0 Å². The van der Waals surface area contributed by atoms with E-state index >= 15 is 0 Å². The van der Waals surface area contributed by atoms with Gasteiger partial charge in [-0.2, -0.15) is 4.98 Å². The maximum absolute atomic E-state index is 5.10. The normalized spacial score (nSPS) is 27.1. The van der Waals surface area contributed by atoms with Gasteiger partial charge in [0.15, 0.2) is 5.82 Å². The summed E-state index contributed by atoms with van der Waals surface area (Å²) in [7, 11) is 0. The highest BCUT2D eigenvalue weighted by Crippen LogP contribution is 2.45. The van der Waals surface area contributed by atoms with E-state index in [4.69, 9.17) is 4.52 Å². The average Bonchev–Trinajstić information content (AvgIpc) is 2.62. The fraction of sp³-hybridized carbons (Fsp3) is 0.556. The minimum atomic E-state index is 0.524. The second kappa shape index (κ2) is 2.73. The molecule has 3 nitrogen and oxygen atoms in total. The van der Waals surface area contributed by atoms with E-state index in [2.05, 4.69) is 23.6 Å². The minimum Gasteiger partial charge on any atom is -0.339 e. The number of aromatic nitrogens is 2. The molecule has 2 rings (SSSR count). The van der Waals surface area contributed by atoms with Gasteiger partial charge in [0.25, 0.3) is 0 Å². The highest BCUT2D eigenvalue weighted by atomic mass is 16.5. The highest BCUT2D eigenvalue weighted by Gasteiger charge is 2.38. The van der Waals surface area contributed by atoms with Gasteiger partial charge in [-0.1, -0.05) is 18.2 Å². The van der Waals surface area contributed by atoms with Gasteiger partial charge in [-0.3, -0.25) is 0 Å². The van der Waals surface area contributed by atoms with Crippen LogP contribution in [-0.2, 0) is 6.42 Å². The maximum atomic E-state index is 5.10. The predicted octanol–water partition coefficient (Wildman–Crippen LogP) is 1.92. The first-order chi connectivity index (χ1) is 5.81. The smallest absolute Gasteiger partial charge is 0.230 e. The molecule has 0 amide bonds. The predicted molar refractivity (Wildman–Crippen MR) is 44.7 cm³/mol. The minimum absolute atomic E-state index is 0.524. The number of rotatable bonds is 3. The summed E-state index contributed by atoms with van der Waals surface area (Å²) < 4.78 is 5.10. The molecule has 2 atom stereocenters. The van der Waals surface area contributed by atoms with E-state index in [1.54, 1.807) is 6.08 Å². The third-order valence-electron chi connectivity index (χ3n) is 2.24. The molecule has 0 aromatic carbocycles. The Bertz CT molecular complexity index is 292. The summed E-state index contributed by atoms with van der Waals surface area (Å²) in [5.74, 6) is 2.80. The van der Waals surface area contributed by atoms with Gasteiger partial charge >= 0.3 is 0 Å². The summed E-state index contributed by atoms with van der Waals surface area (Å²) in [6.07, 6.45) is 3.67. The van der Waals surface area contributed by atoms with Crippen molar-refractivity contribution in [1.29, 1.82) is 0 Å². The summed E-state index contributed by atoms with van der Waals surface area (Å²) in [4.78, 5) is 4.26. The molecule has 2 unspecified atom stereocenters. The Labute approximate surface area is 71.5 Å². The lowest BCUT2D eigenvalue weighted by molar-refractivity contribution is 0.372. The second-order valence-corrected chi connectivity index (χ2v) is 3.36. The Balaban J connectivity index is 2.08. The van der Waals surface area contributed by atoms with Crippen molar-refractivity contribution in [3.63, 3.8) is 0 Å². The summed E-state index contributed by atoms with van der Waals surface area (Å²) in [6.45, 7) is 5.82. The lowest BCUT2D eigenvalue weighted by atomic mass is 10.3. The van der Waals surface area contributed by atoms with Crippen LogP contribution < -0.4 is 0 Å². The molecule has 0 N–H and O–H groups in total. The molecule has 0 bridgehead atoms. The van der Waals surface area contributed by atoms with Crippen molar-refractivity contribution in [2.24, 2.45) is 5.92 Å². The van der Waals surface area contributed by atoms with E-state index < -0.39 is 0 Å². The van der Waals surface area contributed by atoms with Gasteiger partial charge in [0.2, 0.25) is 5.89 Å². The number of nitrogens with zero attached hydrogens (tertiary/aromatic N) is 2. The van der Waals surface area contributed by atoms with E-state index in [0.29, 0.717) is 12.3 Å². The third kappa shape index (κ3) is 1.26. The number of hydrogen-bond acceptors (Lipinski definition) is 3. The summed E-state index contributed by atoms with van der Waals surface area (Å²) in [5.41, 5.74) is 0. The van der Waals surface area contributed by atoms with Crippen LogP contribution in [0.1, 0.15) is 31.0 Å². The van der Waals surface area contributed by atoms with Gasteiger partial charge in [0.1, 0.15) is 0 Å². The topological polar surface area (TPSA) is 38.9 Å². The van der Waals surface area contributed by atoms with E-state index in [1.165, 1.54) is 6.42 Å². The first-order valence-electron chi connectivity index (χ1n) is 4.24. The van der Waals surface area contributed by atoms with Crippen LogP contribution in [0.5, 0.6) is 0 Å². The zero-order chi connectivity index (χ0) is 8.55. The molecule has 1 aliphatic carbocycles. The molecule has 0 radical (unpaired) electrons. The number of hydrogen-bond donors (Lipinski definition) is 0. The molecule has 1 aromatic rings. The zero-order valence-corrected chi connectivity index (χ0v) is 7.16. The van der Waals surface area contributed by atoms with E-state index in [-0.39, 0.29) is 0 Å². The van der Waals surface area contributed by atoms with Crippen LogP contribution in [0.3, 0.4) is 0 Å². The molecule has 0 saturated heterocycles. The first-order valence-corrected chi connectivity index (χ1v) is 4.24. The molecule has 1 saturated carbocycles. The van der Waals surface area contributed by atoms with Gasteiger partial charge < -0.3 is 4.52 Å². The Hall–Kier alpha value is -1.12. The molecule has 1 aliphatic rings. The Kier molecular flexibility index (Phi) is 1.71. The number of allylic oxidation sites excluding steroid dienone is 1. The third-order valence-corrected chi connectivity index (χ3v) is 2.24. The molecule has 1 aromatic heterocycles. The van der Waals surface area contributed by atoms with Crippen LogP contribution in [0.25, 0.3) is 0 Å². The summed E-state index contributed by atoms with van der Waals surface area (Å²) in [6, 6.07) is 0. The largest absolute Gasteiger partial charge is 0.339 e. The van der Waals surface area contributed by atoms with Crippen molar-refractivity contribution < 1.29 is 4.52 Å². The van der Waals surface area contributed by atoms with E-state index in [1.807, 2.05) is 0 Å². The van der Waals surface area contributed by atoms with E-state index in [0.717, 1.165) is 17.6 Å². The molecular weight excluding hydrogens is 152 g/mol. The lowest BCUT2D eigenvalue weighted by Gasteiger charge is -1.83. The van der Waals surface area contributed by atoms with E-state index in [9.17, 15) is 0 Å². The van der Waals surface area contributed by atoms with Gasteiger partial charge in [0, 0.05) is 12.3 Å². The van der Waals surface area contributed by atoms with Crippen LogP contribution in [0, 0.1) is 5.92 Å². The van der Waals surface area contributed by atoms with Crippen molar-refractivity contribution in [2.45, 2.75) is 25.7 Å². The SMILES string of the molecule is C=CCc1noc(C2CC2C)n1. The Morgan fingerprint density at radius 3 is 3.08 bits per heavy atom. The Morgan fingerprint density at radius 2 is 2.50 bits per heavy atom. The average molecular weight is 164 g/mol. The molecule has 12 heavy (non-hydrogen) atoms. The quantitative estimate of drug-likeness (QED) is 0.640. The van der Waals surface area contributed by atoms with Crippen molar-refractivity contribution in [2.75, 3.05) is 0 Å². The fourth-order valence-electron chi connectivity index (χ4n) is 1.30. The molecule has 3 heteroatoms. The van der Waals surface area contributed by atoms with Crippen LogP contribution in [-0.4, -0.2) is 10.1 Å². The van der Waals surface area contributed by atoms with Gasteiger partial charge in [-0.05, 0) is 12.3 Å². The molecular formula is C9H12N2O. The van der Waals surface area contributed by atoms with Crippen molar-refractivity contribution in [3.8, 4) is 0 Å². The second-order valence-electron chi connectivity index (χ2n) is 3.36. The Morgan fingerprint density at radius 1 is 1.75 bits per heavy atom. The molecule has 64 valence electrons. The van der Waals surface area contributed by atoms with Crippen LogP contribution in [0.15, 0.2) is 17.2 Å². The first kappa shape index (κ1) is 7.53.